The fourth-order valence-electron chi connectivity index (χ4n) is 2.63. The van der Waals surface area contributed by atoms with Gasteiger partial charge in [-0.05, 0) is 50.4 Å². The molecule has 0 spiro atoms. The molecule has 8 nitrogen and oxygen atoms in total. The summed E-state index contributed by atoms with van der Waals surface area (Å²) in [5.74, 6) is 0.485. The highest BCUT2D eigenvalue weighted by molar-refractivity contribution is 7.89. The third-order valence-corrected chi connectivity index (χ3v) is 5.36. The van der Waals surface area contributed by atoms with Crippen LogP contribution in [0.2, 0.25) is 0 Å². The number of nitro groups is 1. The maximum absolute atomic E-state index is 12.3. The summed E-state index contributed by atoms with van der Waals surface area (Å²) in [5, 5.41) is 14.3. The van der Waals surface area contributed by atoms with E-state index in [1.54, 1.807) is 0 Å². The van der Waals surface area contributed by atoms with Gasteiger partial charge >= 0.3 is 5.69 Å². The average molecular weight is 380 g/mol. The normalized spacial score (nSPS) is 17.8. The van der Waals surface area contributed by atoms with Crippen molar-refractivity contribution in [3.05, 3.63) is 28.3 Å². The van der Waals surface area contributed by atoms with E-state index in [0.29, 0.717) is 12.5 Å². The third kappa shape index (κ3) is 5.30. The van der Waals surface area contributed by atoms with Gasteiger partial charge in [-0.2, -0.15) is 0 Å². The molecule has 1 aliphatic rings. The number of methoxy groups -OCH3 is 1. The monoisotopic (exact) mass is 379 g/mol. The Morgan fingerprint density at radius 1 is 1.46 bits per heavy atom. The third-order valence-electron chi connectivity index (χ3n) is 3.90. The molecule has 1 fully saturated rings. The van der Waals surface area contributed by atoms with Crippen molar-refractivity contribution in [3.63, 3.8) is 0 Å². The predicted octanol–water partition coefficient (Wildman–Crippen LogP) is 1.69. The van der Waals surface area contributed by atoms with Crippen molar-refractivity contribution >= 4 is 28.1 Å². The fourth-order valence-corrected chi connectivity index (χ4v) is 3.70. The number of halogens is 1. The number of nitrogens with zero attached hydrogens (tertiary/aromatic N) is 1. The topological polar surface area (TPSA) is 111 Å². The Labute approximate surface area is 147 Å². The number of nitro benzene ring substituents is 1. The number of piperidine rings is 1. The summed E-state index contributed by atoms with van der Waals surface area (Å²) in [6.45, 7) is 2.22. The van der Waals surface area contributed by atoms with Gasteiger partial charge in [-0.15, -0.1) is 12.4 Å². The van der Waals surface area contributed by atoms with Crippen molar-refractivity contribution in [3.8, 4) is 5.75 Å². The quantitative estimate of drug-likeness (QED) is 0.551. The molecule has 0 saturated carbocycles. The Morgan fingerprint density at radius 3 is 2.79 bits per heavy atom. The summed E-state index contributed by atoms with van der Waals surface area (Å²) in [7, 11) is -2.47. The van der Waals surface area contributed by atoms with E-state index in [1.807, 2.05) is 0 Å². The number of benzene rings is 1. The zero-order chi connectivity index (χ0) is 16.9. The molecule has 0 radical (unpaired) electrons. The van der Waals surface area contributed by atoms with Crippen LogP contribution in [0.25, 0.3) is 0 Å². The SMILES string of the molecule is COc1ccc(S(=O)(=O)NCCC2CCCNC2)cc1[N+](=O)[O-].Cl. The largest absolute Gasteiger partial charge is 0.490 e. The highest BCUT2D eigenvalue weighted by Crippen LogP contribution is 2.29. The van der Waals surface area contributed by atoms with Gasteiger partial charge in [0.1, 0.15) is 0 Å². The number of ether oxygens (including phenoxy) is 1. The minimum absolute atomic E-state index is 0. The van der Waals surface area contributed by atoms with E-state index in [4.69, 9.17) is 4.74 Å². The lowest BCUT2D eigenvalue weighted by molar-refractivity contribution is -0.386. The van der Waals surface area contributed by atoms with Crippen molar-refractivity contribution in [2.75, 3.05) is 26.7 Å². The predicted molar refractivity (Wildman–Crippen MR) is 92.3 cm³/mol. The molecule has 1 atom stereocenters. The van der Waals surface area contributed by atoms with E-state index in [2.05, 4.69) is 10.0 Å². The van der Waals surface area contributed by atoms with E-state index in [9.17, 15) is 18.5 Å². The van der Waals surface area contributed by atoms with Crippen molar-refractivity contribution in [2.24, 2.45) is 5.92 Å². The van der Waals surface area contributed by atoms with Gasteiger partial charge in [0.25, 0.3) is 0 Å². The van der Waals surface area contributed by atoms with Crippen LogP contribution in [0, 0.1) is 16.0 Å². The first-order chi connectivity index (χ1) is 10.9. The molecule has 1 aliphatic heterocycles. The molecule has 10 heteroatoms. The fraction of sp³-hybridized carbons (Fsp3) is 0.571. The van der Waals surface area contributed by atoms with Crippen LogP contribution >= 0.6 is 12.4 Å². The van der Waals surface area contributed by atoms with Crippen LogP contribution in [0.3, 0.4) is 0 Å². The van der Waals surface area contributed by atoms with Gasteiger partial charge in [0.2, 0.25) is 10.0 Å². The van der Waals surface area contributed by atoms with Crippen molar-refractivity contribution in [1.29, 1.82) is 0 Å². The molecule has 0 aliphatic carbocycles. The molecule has 1 unspecified atom stereocenters. The summed E-state index contributed by atoms with van der Waals surface area (Å²) in [5.41, 5.74) is -0.369. The van der Waals surface area contributed by atoms with Crippen molar-refractivity contribution in [2.45, 2.75) is 24.2 Å². The second-order valence-corrected chi connectivity index (χ2v) is 7.26. The molecule has 1 aromatic rings. The minimum atomic E-state index is -3.77. The zero-order valence-electron chi connectivity index (χ0n) is 13.4. The van der Waals surface area contributed by atoms with E-state index in [0.717, 1.165) is 38.4 Å². The average Bonchev–Trinajstić information content (AvgIpc) is 2.55. The first kappa shape index (κ1) is 20.6. The molecule has 1 heterocycles. The zero-order valence-corrected chi connectivity index (χ0v) is 15.0. The van der Waals surface area contributed by atoms with Crippen LogP contribution in [-0.4, -0.2) is 40.1 Å². The molecule has 0 aromatic heterocycles. The van der Waals surface area contributed by atoms with E-state index in [-0.39, 0.29) is 28.7 Å². The molecule has 1 aromatic carbocycles. The van der Waals surface area contributed by atoms with Gasteiger partial charge in [0.05, 0.1) is 16.9 Å². The smallest absolute Gasteiger partial charge is 0.312 e. The first-order valence-electron chi connectivity index (χ1n) is 7.47. The van der Waals surface area contributed by atoms with E-state index < -0.39 is 14.9 Å². The van der Waals surface area contributed by atoms with Crippen LogP contribution in [0.4, 0.5) is 5.69 Å². The van der Waals surface area contributed by atoms with Gasteiger partial charge in [-0.25, -0.2) is 13.1 Å². The van der Waals surface area contributed by atoms with Gasteiger partial charge < -0.3 is 10.1 Å². The molecule has 136 valence electrons. The molecule has 2 N–H and O–H groups in total. The Hall–Kier alpha value is -1.42. The van der Waals surface area contributed by atoms with Crippen molar-refractivity contribution < 1.29 is 18.1 Å². The molecule has 24 heavy (non-hydrogen) atoms. The maximum atomic E-state index is 12.3. The molecular formula is C14H22ClN3O5S. The van der Waals surface area contributed by atoms with Gasteiger partial charge in [0.15, 0.2) is 5.75 Å². The second kappa shape index (κ2) is 9.16. The van der Waals surface area contributed by atoms with Crippen LogP contribution in [0.15, 0.2) is 23.1 Å². The number of nitrogens with one attached hydrogen (secondary N) is 2. The Morgan fingerprint density at radius 2 is 2.21 bits per heavy atom. The van der Waals surface area contributed by atoms with Gasteiger partial charge in [-0.3, -0.25) is 10.1 Å². The Bertz CT molecular complexity index is 662. The number of hydrogen-bond acceptors (Lipinski definition) is 6. The Kier molecular flexibility index (Phi) is 7.88. The Balaban J connectivity index is 0.00000288. The van der Waals surface area contributed by atoms with Crippen molar-refractivity contribution in [1.82, 2.24) is 10.0 Å². The van der Waals surface area contributed by atoms with E-state index in [1.165, 1.54) is 19.2 Å². The molecule has 1 saturated heterocycles. The van der Waals surface area contributed by atoms with Crippen LogP contribution in [0.5, 0.6) is 5.75 Å². The lowest BCUT2D eigenvalue weighted by Gasteiger charge is -2.22. The number of rotatable bonds is 7. The molecule has 0 amide bonds. The summed E-state index contributed by atoms with van der Waals surface area (Å²) < 4.78 is 31.9. The minimum Gasteiger partial charge on any atom is -0.490 e. The summed E-state index contributed by atoms with van der Waals surface area (Å²) in [4.78, 5) is 10.2. The van der Waals surface area contributed by atoms with Crippen LogP contribution < -0.4 is 14.8 Å². The maximum Gasteiger partial charge on any atom is 0.312 e. The highest BCUT2D eigenvalue weighted by atomic mass is 35.5. The molecule has 2 rings (SSSR count). The van der Waals surface area contributed by atoms with E-state index >= 15 is 0 Å². The summed E-state index contributed by atoms with van der Waals surface area (Å²) in [6, 6.07) is 3.61. The van der Waals surface area contributed by atoms with Crippen LogP contribution in [-0.2, 0) is 10.0 Å². The standard InChI is InChI=1S/C14H21N3O5S.ClH/c1-22-14-5-4-12(9-13(14)17(18)19)23(20,21)16-8-6-11-3-2-7-15-10-11;/h4-5,9,11,15-16H,2-3,6-8,10H2,1H3;1H. The van der Waals surface area contributed by atoms with Gasteiger partial charge in [0, 0.05) is 12.6 Å². The molecular weight excluding hydrogens is 358 g/mol. The molecule has 0 bridgehead atoms. The highest BCUT2D eigenvalue weighted by Gasteiger charge is 2.22. The van der Waals surface area contributed by atoms with Crippen LogP contribution in [0.1, 0.15) is 19.3 Å². The number of hydrogen-bond donors (Lipinski definition) is 2. The summed E-state index contributed by atoms with van der Waals surface area (Å²) in [6.07, 6.45) is 2.93. The number of sulfonamides is 1. The lowest BCUT2D eigenvalue weighted by atomic mass is 9.96. The first-order valence-corrected chi connectivity index (χ1v) is 8.95. The second-order valence-electron chi connectivity index (χ2n) is 5.49. The lowest BCUT2D eigenvalue weighted by Crippen LogP contribution is -2.33. The summed E-state index contributed by atoms with van der Waals surface area (Å²) >= 11 is 0. The van der Waals surface area contributed by atoms with Gasteiger partial charge in [-0.1, -0.05) is 0 Å².